The van der Waals surface area contributed by atoms with Crippen LogP contribution in [0.4, 0.5) is 0 Å². The molecule has 0 aromatic rings. The third-order valence-electron chi connectivity index (χ3n) is 2.18. The van der Waals surface area contributed by atoms with Gasteiger partial charge in [-0.3, -0.25) is 4.79 Å². The molecule has 0 aromatic carbocycles. The van der Waals surface area contributed by atoms with Gasteiger partial charge >= 0.3 is 0 Å². The highest BCUT2D eigenvalue weighted by Crippen LogP contribution is 2.45. The molecule has 0 bridgehead atoms. The van der Waals surface area contributed by atoms with Gasteiger partial charge in [0.15, 0.2) is 0 Å². The van der Waals surface area contributed by atoms with E-state index < -0.39 is 0 Å². The summed E-state index contributed by atoms with van der Waals surface area (Å²) in [6, 6.07) is 0. The van der Waals surface area contributed by atoms with Crippen LogP contribution in [0.25, 0.3) is 0 Å². The van der Waals surface area contributed by atoms with Crippen molar-refractivity contribution in [2.75, 3.05) is 24.4 Å². The van der Waals surface area contributed by atoms with Crippen LogP contribution in [-0.2, 0) is 4.79 Å². The number of rotatable bonds is 5. The number of alkyl halides is 1. The molecule has 12 heavy (non-hydrogen) atoms. The molecular weight excluding hydrogens is 194 g/mol. The monoisotopic (exact) mass is 207 g/mol. The summed E-state index contributed by atoms with van der Waals surface area (Å²) in [5.74, 6) is 1.35. The normalized spacial score (nSPS) is 18.8. The van der Waals surface area contributed by atoms with Gasteiger partial charge in [-0.05, 0) is 19.1 Å². The zero-order valence-corrected chi connectivity index (χ0v) is 8.80. The number of carbonyl (C=O) groups excluding carboxylic acids is 1. The zero-order chi connectivity index (χ0) is 9.03. The Bertz CT molecular complexity index is 170. The van der Waals surface area contributed by atoms with Crippen molar-refractivity contribution in [2.45, 2.75) is 12.8 Å². The lowest BCUT2D eigenvalue weighted by Gasteiger charge is -2.11. The van der Waals surface area contributed by atoms with E-state index in [9.17, 15) is 4.79 Å². The molecular formula is C8H14ClNOS. The number of halogens is 1. The summed E-state index contributed by atoms with van der Waals surface area (Å²) in [6.45, 7) is 0.760. The third-order valence-corrected chi connectivity index (χ3v) is 3.29. The summed E-state index contributed by atoms with van der Waals surface area (Å²) < 4.78 is 0. The number of nitrogens with one attached hydrogen (secondary N) is 1. The minimum atomic E-state index is 0.124. The van der Waals surface area contributed by atoms with Crippen molar-refractivity contribution in [3.8, 4) is 0 Å². The molecule has 1 aliphatic rings. The van der Waals surface area contributed by atoms with E-state index >= 15 is 0 Å². The second-order valence-corrected chi connectivity index (χ2v) is 4.48. The van der Waals surface area contributed by atoms with Gasteiger partial charge in [0.05, 0.1) is 5.75 Å². The van der Waals surface area contributed by atoms with E-state index in [1.54, 1.807) is 11.8 Å². The highest BCUT2D eigenvalue weighted by Gasteiger charge is 2.41. The van der Waals surface area contributed by atoms with Crippen LogP contribution in [0.1, 0.15) is 12.8 Å². The molecule has 0 atom stereocenters. The van der Waals surface area contributed by atoms with Gasteiger partial charge in [-0.15, -0.1) is 11.6 Å². The molecule has 1 fully saturated rings. The summed E-state index contributed by atoms with van der Waals surface area (Å²) in [7, 11) is 0. The fraction of sp³-hybridized carbons (Fsp3) is 0.875. The van der Waals surface area contributed by atoms with Crippen LogP contribution in [0.3, 0.4) is 0 Å². The Hall–Kier alpha value is 0.110. The quantitative estimate of drug-likeness (QED) is 0.693. The first-order valence-corrected chi connectivity index (χ1v) is 5.97. The first-order chi connectivity index (χ1) is 5.72. The van der Waals surface area contributed by atoms with E-state index in [2.05, 4.69) is 5.32 Å². The lowest BCUT2D eigenvalue weighted by molar-refractivity contribution is -0.118. The Morgan fingerprint density at radius 3 is 2.75 bits per heavy atom. The van der Waals surface area contributed by atoms with Crippen molar-refractivity contribution < 1.29 is 4.79 Å². The molecule has 0 aromatic heterocycles. The Morgan fingerprint density at radius 2 is 2.33 bits per heavy atom. The molecule has 0 spiro atoms. The lowest BCUT2D eigenvalue weighted by Crippen LogP contribution is -2.32. The van der Waals surface area contributed by atoms with Gasteiger partial charge in [0.1, 0.15) is 0 Å². The van der Waals surface area contributed by atoms with Crippen LogP contribution >= 0.6 is 23.4 Å². The molecule has 1 amide bonds. The van der Waals surface area contributed by atoms with Crippen molar-refractivity contribution >= 4 is 29.3 Å². The highest BCUT2D eigenvalue weighted by molar-refractivity contribution is 7.99. The maximum absolute atomic E-state index is 11.1. The topological polar surface area (TPSA) is 29.1 Å². The van der Waals surface area contributed by atoms with Crippen molar-refractivity contribution in [1.29, 1.82) is 0 Å². The lowest BCUT2D eigenvalue weighted by atomic mass is 10.1. The van der Waals surface area contributed by atoms with Crippen LogP contribution in [0.5, 0.6) is 0 Å². The van der Waals surface area contributed by atoms with Crippen molar-refractivity contribution in [3.63, 3.8) is 0 Å². The Balaban J connectivity index is 2.12. The molecule has 1 aliphatic carbocycles. The molecule has 2 nitrogen and oxygen atoms in total. The average molecular weight is 208 g/mol. The summed E-state index contributed by atoms with van der Waals surface area (Å²) in [5, 5.41) is 2.89. The standard InChI is InChI=1S/C8H14ClNOS/c1-12-4-7(11)10-6-8(5-9)2-3-8/h2-6H2,1H3,(H,10,11). The van der Waals surface area contributed by atoms with E-state index in [0.29, 0.717) is 11.6 Å². The van der Waals surface area contributed by atoms with E-state index in [1.165, 1.54) is 0 Å². The second-order valence-electron chi connectivity index (χ2n) is 3.34. The van der Waals surface area contributed by atoms with Crippen molar-refractivity contribution in [1.82, 2.24) is 5.32 Å². The van der Waals surface area contributed by atoms with Gasteiger partial charge in [-0.25, -0.2) is 0 Å². The van der Waals surface area contributed by atoms with E-state index in [1.807, 2.05) is 6.26 Å². The van der Waals surface area contributed by atoms with E-state index in [0.717, 1.165) is 19.4 Å². The minimum Gasteiger partial charge on any atom is -0.355 e. The number of hydrogen-bond acceptors (Lipinski definition) is 2. The first-order valence-electron chi connectivity index (χ1n) is 4.04. The number of carbonyl (C=O) groups is 1. The van der Waals surface area contributed by atoms with Crippen LogP contribution in [0, 0.1) is 5.41 Å². The Kier molecular flexibility index (Phi) is 3.72. The predicted molar refractivity (Wildman–Crippen MR) is 53.8 cm³/mol. The molecule has 1 saturated carbocycles. The highest BCUT2D eigenvalue weighted by atomic mass is 35.5. The fourth-order valence-electron chi connectivity index (χ4n) is 1.00. The Morgan fingerprint density at radius 1 is 1.67 bits per heavy atom. The van der Waals surface area contributed by atoms with Gasteiger partial charge in [0, 0.05) is 17.8 Å². The van der Waals surface area contributed by atoms with E-state index in [-0.39, 0.29) is 11.3 Å². The van der Waals surface area contributed by atoms with Gasteiger partial charge in [0.25, 0.3) is 0 Å². The molecule has 4 heteroatoms. The summed E-state index contributed by atoms with van der Waals surface area (Å²) in [5.41, 5.74) is 0.246. The second kappa shape index (κ2) is 4.38. The minimum absolute atomic E-state index is 0.124. The summed E-state index contributed by atoms with van der Waals surface area (Å²) >= 11 is 7.30. The Labute approximate surface area is 82.4 Å². The average Bonchev–Trinajstić information content (AvgIpc) is 2.82. The van der Waals surface area contributed by atoms with Crippen LogP contribution in [-0.4, -0.2) is 30.3 Å². The predicted octanol–water partition coefficient (Wildman–Crippen LogP) is 1.48. The smallest absolute Gasteiger partial charge is 0.230 e. The SMILES string of the molecule is CSCC(=O)NCC1(CCl)CC1. The molecule has 0 radical (unpaired) electrons. The number of hydrogen-bond donors (Lipinski definition) is 1. The molecule has 70 valence electrons. The summed E-state index contributed by atoms with van der Waals surface area (Å²) in [6.07, 6.45) is 4.25. The number of thioether (sulfide) groups is 1. The maximum Gasteiger partial charge on any atom is 0.230 e. The first kappa shape index (κ1) is 10.2. The van der Waals surface area contributed by atoms with Gasteiger partial charge in [-0.1, -0.05) is 0 Å². The molecule has 0 unspecified atom stereocenters. The van der Waals surface area contributed by atoms with Crippen molar-refractivity contribution in [2.24, 2.45) is 5.41 Å². The van der Waals surface area contributed by atoms with Gasteiger partial charge < -0.3 is 5.32 Å². The van der Waals surface area contributed by atoms with Crippen molar-refractivity contribution in [3.05, 3.63) is 0 Å². The zero-order valence-electron chi connectivity index (χ0n) is 7.23. The molecule has 1 rings (SSSR count). The number of amides is 1. The van der Waals surface area contributed by atoms with Crippen LogP contribution in [0.2, 0.25) is 0 Å². The molecule has 0 aliphatic heterocycles. The molecule has 0 heterocycles. The third kappa shape index (κ3) is 2.87. The van der Waals surface area contributed by atoms with E-state index in [4.69, 9.17) is 11.6 Å². The molecule has 1 N–H and O–H groups in total. The largest absolute Gasteiger partial charge is 0.355 e. The summed E-state index contributed by atoms with van der Waals surface area (Å²) in [4.78, 5) is 11.1. The van der Waals surface area contributed by atoms with Crippen LogP contribution < -0.4 is 5.32 Å². The van der Waals surface area contributed by atoms with Gasteiger partial charge in [0.2, 0.25) is 5.91 Å². The van der Waals surface area contributed by atoms with Gasteiger partial charge in [-0.2, -0.15) is 11.8 Å². The fourth-order valence-corrected chi connectivity index (χ4v) is 1.73. The maximum atomic E-state index is 11.1. The molecule has 0 saturated heterocycles. The van der Waals surface area contributed by atoms with Crippen LogP contribution in [0.15, 0.2) is 0 Å².